The number of rotatable bonds is 14. The minimum atomic E-state index is -1.28. The molecular formula is C49H44N4O4S. The first-order valence-electron chi connectivity index (χ1n) is 19.0. The molecular weight excluding hydrogens is 741 g/mol. The van der Waals surface area contributed by atoms with E-state index in [-0.39, 0.29) is 18.0 Å². The third-order valence-corrected chi connectivity index (χ3v) is 10.3. The molecule has 0 atom stereocenters. The smallest absolute Gasteiger partial charge is 0.325 e. The second kappa shape index (κ2) is 17.5. The summed E-state index contributed by atoms with van der Waals surface area (Å²) in [5.41, 5.74) is 2.62. The van der Waals surface area contributed by atoms with Gasteiger partial charge in [-0.15, -0.1) is 11.3 Å². The number of ether oxygens (including phenoxy) is 1. The van der Waals surface area contributed by atoms with Crippen LogP contribution in [0.15, 0.2) is 193 Å². The fourth-order valence-corrected chi connectivity index (χ4v) is 7.74. The van der Waals surface area contributed by atoms with Gasteiger partial charge in [0.05, 0.1) is 0 Å². The Morgan fingerprint density at radius 1 is 0.586 bits per heavy atom. The second-order valence-electron chi connectivity index (χ2n) is 14.6. The predicted molar refractivity (Wildman–Crippen MR) is 231 cm³/mol. The minimum Gasteiger partial charge on any atom is -0.459 e. The van der Waals surface area contributed by atoms with Crippen LogP contribution in [0, 0.1) is 0 Å². The third-order valence-electron chi connectivity index (χ3n) is 9.50. The standard InChI is InChI=1S/C49H44N4O4S/c1-47(2,3)56-43(54)34-50-45(55)44(53-57-49(39-28-16-7-17-29-39,40-30-18-8-19-31-40)41-32-20-9-21-33-41)42-35-58-46(51-42)52-48(36-22-10-4-11-23-36,37-24-12-5-13-25-37)38-26-14-6-15-27-38/h4-33,35H,34H2,1-3H3,(H,50,55)(H,51,52)/b53-44+. The Morgan fingerprint density at radius 3 is 1.34 bits per heavy atom. The topological polar surface area (TPSA) is 102 Å². The van der Waals surface area contributed by atoms with Gasteiger partial charge in [-0.25, -0.2) is 4.98 Å². The van der Waals surface area contributed by atoms with Crippen LogP contribution in [0.5, 0.6) is 0 Å². The maximum absolute atomic E-state index is 14.3. The Morgan fingerprint density at radius 2 is 0.966 bits per heavy atom. The van der Waals surface area contributed by atoms with Gasteiger partial charge in [0.15, 0.2) is 10.8 Å². The normalized spacial score (nSPS) is 12.0. The summed E-state index contributed by atoms with van der Waals surface area (Å²) < 4.78 is 5.50. The molecule has 0 radical (unpaired) electrons. The van der Waals surface area contributed by atoms with Crippen LogP contribution in [-0.4, -0.2) is 34.7 Å². The van der Waals surface area contributed by atoms with Gasteiger partial charge in [-0.1, -0.05) is 187 Å². The van der Waals surface area contributed by atoms with Crippen LogP contribution in [0.1, 0.15) is 59.8 Å². The van der Waals surface area contributed by atoms with E-state index in [4.69, 9.17) is 19.7 Å². The number of carbonyl (C=O) groups excluding carboxylic acids is 2. The number of aromatic nitrogens is 1. The van der Waals surface area contributed by atoms with Crippen LogP contribution in [0.2, 0.25) is 0 Å². The van der Waals surface area contributed by atoms with Crippen LogP contribution in [0.3, 0.4) is 0 Å². The lowest BCUT2D eigenvalue weighted by atomic mass is 9.77. The number of anilines is 1. The molecule has 0 aliphatic carbocycles. The minimum absolute atomic E-state index is 0.121. The first kappa shape index (κ1) is 39.4. The molecule has 7 rings (SSSR count). The SMILES string of the molecule is CC(C)(C)OC(=O)CNC(=O)/C(=N/OC(c1ccccc1)(c1ccccc1)c1ccccc1)c1csc(NC(c2ccccc2)(c2ccccc2)c2ccccc2)n1. The van der Waals surface area contributed by atoms with E-state index in [1.807, 2.05) is 146 Å². The van der Waals surface area contributed by atoms with Crippen LogP contribution in [0.4, 0.5) is 5.13 Å². The molecule has 58 heavy (non-hydrogen) atoms. The third kappa shape index (κ3) is 8.60. The molecule has 0 fully saturated rings. The Hall–Kier alpha value is -6.84. The van der Waals surface area contributed by atoms with Gasteiger partial charge in [0.25, 0.3) is 5.91 Å². The Bertz CT molecular complexity index is 2240. The van der Waals surface area contributed by atoms with Crippen molar-refractivity contribution in [3.63, 3.8) is 0 Å². The summed E-state index contributed by atoms with van der Waals surface area (Å²) >= 11 is 1.33. The highest BCUT2D eigenvalue weighted by atomic mass is 32.1. The van der Waals surface area contributed by atoms with Crippen LogP contribution >= 0.6 is 11.3 Å². The number of hydrogen-bond donors (Lipinski definition) is 2. The van der Waals surface area contributed by atoms with E-state index >= 15 is 0 Å². The molecule has 0 spiro atoms. The fourth-order valence-electron chi connectivity index (χ4n) is 6.99. The summed E-state index contributed by atoms with van der Waals surface area (Å²) in [6.45, 7) is 4.93. The van der Waals surface area contributed by atoms with E-state index in [0.29, 0.717) is 5.13 Å². The van der Waals surface area contributed by atoms with Crippen molar-refractivity contribution >= 4 is 34.1 Å². The van der Waals surface area contributed by atoms with Gasteiger partial charge >= 0.3 is 5.97 Å². The van der Waals surface area contributed by atoms with Crippen molar-refractivity contribution in [3.05, 3.63) is 226 Å². The van der Waals surface area contributed by atoms with E-state index in [1.165, 1.54) is 11.3 Å². The van der Waals surface area contributed by atoms with E-state index in [1.54, 1.807) is 26.2 Å². The van der Waals surface area contributed by atoms with Crippen molar-refractivity contribution in [2.24, 2.45) is 5.16 Å². The zero-order valence-electron chi connectivity index (χ0n) is 32.5. The molecule has 1 heterocycles. The highest BCUT2D eigenvalue weighted by molar-refractivity contribution is 7.14. The molecule has 2 N–H and O–H groups in total. The predicted octanol–water partition coefficient (Wildman–Crippen LogP) is 9.72. The van der Waals surface area contributed by atoms with Gasteiger partial charge in [-0.3, -0.25) is 9.59 Å². The van der Waals surface area contributed by atoms with E-state index in [9.17, 15) is 9.59 Å². The van der Waals surface area contributed by atoms with Gasteiger partial charge in [0, 0.05) is 22.1 Å². The zero-order chi connectivity index (χ0) is 40.4. The van der Waals surface area contributed by atoms with Crippen LogP contribution in [-0.2, 0) is 30.3 Å². The second-order valence-corrected chi connectivity index (χ2v) is 15.4. The number of esters is 1. The maximum atomic E-state index is 14.3. The largest absolute Gasteiger partial charge is 0.459 e. The molecule has 0 bridgehead atoms. The Labute approximate surface area is 343 Å². The van der Waals surface area contributed by atoms with Gasteiger partial charge in [-0.2, -0.15) is 0 Å². The lowest BCUT2D eigenvalue weighted by molar-refractivity contribution is -0.154. The van der Waals surface area contributed by atoms with Crippen molar-refractivity contribution in [2.75, 3.05) is 11.9 Å². The average molecular weight is 785 g/mol. The summed E-state index contributed by atoms with van der Waals surface area (Å²) in [4.78, 5) is 38.9. The number of benzene rings is 6. The summed E-state index contributed by atoms with van der Waals surface area (Å²) in [5, 5.41) is 13.5. The van der Waals surface area contributed by atoms with Crippen LogP contribution in [0.25, 0.3) is 0 Å². The number of thiazole rings is 1. The molecule has 1 amide bonds. The van der Waals surface area contributed by atoms with Crippen molar-refractivity contribution in [1.82, 2.24) is 10.3 Å². The lowest BCUT2D eigenvalue weighted by Gasteiger charge is -2.36. The molecule has 0 unspecified atom stereocenters. The lowest BCUT2D eigenvalue weighted by Crippen LogP contribution is -2.39. The van der Waals surface area contributed by atoms with Gasteiger partial charge in [0.1, 0.15) is 23.4 Å². The molecule has 0 saturated heterocycles. The summed E-state index contributed by atoms with van der Waals surface area (Å²) in [7, 11) is 0. The Kier molecular flexibility index (Phi) is 11.9. The number of carbonyl (C=O) groups is 2. The molecule has 1 aromatic heterocycles. The first-order valence-corrected chi connectivity index (χ1v) is 19.9. The fraction of sp³-hybridized carbons (Fsp3) is 0.143. The summed E-state index contributed by atoms with van der Waals surface area (Å²) in [5.74, 6) is -1.25. The summed E-state index contributed by atoms with van der Waals surface area (Å²) in [6, 6.07) is 59.8. The maximum Gasteiger partial charge on any atom is 0.325 e. The van der Waals surface area contributed by atoms with E-state index in [0.717, 1.165) is 33.4 Å². The van der Waals surface area contributed by atoms with Crippen molar-refractivity contribution < 1.29 is 19.2 Å². The highest BCUT2D eigenvalue weighted by Crippen LogP contribution is 2.42. The monoisotopic (exact) mass is 784 g/mol. The molecule has 0 aliphatic rings. The highest BCUT2D eigenvalue weighted by Gasteiger charge is 2.41. The van der Waals surface area contributed by atoms with Gasteiger partial charge in [0.2, 0.25) is 5.60 Å². The quantitative estimate of drug-likeness (QED) is 0.0493. The number of hydrogen-bond acceptors (Lipinski definition) is 8. The molecule has 0 aliphatic heterocycles. The first-order chi connectivity index (χ1) is 28.2. The van der Waals surface area contributed by atoms with E-state index < -0.39 is 28.6 Å². The number of amides is 1. The molecule has 9 heteroatoms. The molecule has 7 aromatic rings. The van der Waals surface area contributed by atoms with E-state index in [2.05, 4.69) is 47.0 Å². The van der Waals surface area contributed by atoms with Crippen molar-refractivity contribution in [1.29, 1.82) is 0 Å². The molecule has 8 nitrogen and oxygen atoms in total. The summed E-state index contributed by atoms with van der Waals surface area (Å²) in [6.07, 6.45) is 0. The Balaban J connectivity index is 1.36. The van der Waals surface area contributed by atoms with Gasteiger partial charge in [-0.05, 0) is 37.5 Å². The van der Waals surface area contributed by atoms with Gasteiger partial charge < -0.3 is 20.2 Å². The van der Waals surface area contributed by atoms with Crippen LogP contribution < -0.4 is 10.6 Å². The van der Waals surface area contributed by atoms with Crippen molar-refractivity contribution in [2.45, 2.75) is 37.5 Å². The number of oxime groups is 1. The molecule has 6 aromatic carbocycles. The molecule has 290 valence electrons. The number of nitrogens with zero attached hydrogens (tertiary/aromatic N) is 2. The van der Waals surface area contributed by atoms with Crippen molar-refractivity contribution in [3.8, 4) is 0 Å². The molecule has 0 saturated carbocycles. The zero-order valence-corrected chi connectivity index (χ0v) is 33.4. The average Bonchev–Trinajstić information content (AvgIpc) is 3.72. The number of nitrogens with one attached hydrogen (secondary N) is 2.